The largest absolute Gasteiger partial charge is 0.468 e. The van der Waals surface area contributed by atoms with Crippen LogP contribution in [0.4, 0.5) is 0 Å². The zero-order valence-corrected chi connectivity index (χ0v) is 9.18. The van der Waals surface area contributed by atoms with Crippen LogP contribution in [0, 0.1) is 0 Å². The molecule has 0 fully saturated rings. The van der Waals surface area contributed by atoms with E-state index in [9.17, 15) is 4.79 Å². The van der Waals surface area contributed by atoms with Crippen molar-refractivity contribution in [2.75, 3.05) is 6.61 Å². The normalized spacial score (nSPS) is 9.83. The molecule has 0 unspecified atom stereocenters. The smallest absolute Gasteiger partial charge is 0.293 e. The predicted octanol–water partition coefficient (Wildman–Crippen LogP) is 1.65. The Bertz CT molecular complexity index is 255. The van der Waals surface area contributed by atoms with Crippen molar-refractivity contribution in [3.05, 3.63) is 14.8 Å². The number of rotatable bonds is 4. The van der Waals surface area contributed by atoms with Crippen LogP contribution in [-0.2, 0) is 16.0 Å². The number of ether oxygens (including phenoxy) is 1. The molecule has 1 rings (SSSR count). The molecule has 66 valence electrons. The van der Waals surface area contributed by atoms with Crippen molar-refractivity contribution in [1.29, 1.82) is 0 Å². The minimum atomic E-state index is 0.361. The quantitative estimate of drug-likeness (QED) is 0.679. The Labute approximate surface area is 85.9 Å². The van der Waals surface area contributed by atoms with Crippen molar-refractivity contribution < 1.29 is 9.53 Å². The molecule has 1 aromatic rings. The van der Waals surface area contributed by atoms with Crippen LogP contribution in [-0.4, -0.2) is 23.3 Å². The van der Waals surface area contributed by atoms with E-state index in [1.165, 1.54) is 0 Å². The minimum absolute atomic E-state index is 0.361. The molecule has 0 saturated heterocycles. The summed E-state index contributed by atoms with van der Waals surface area (Å²) in [7, 11) is 0. The first-order chi connectivity index (χ1) is 5.75. The third-order valence-corrected chi connectivity index (χ3v) is 2.62. The third kappa shape index (κ3) is 2.31. The summed E-state index contributed by atoms with van der Waals surface area (Å²) in [4.78, 5) is 9.83. The van der Waals surface area contributed by atoms with Crippen LogP contribution in [0.15, 0.2) is 9.21 Å². The Kier molecular flexibility index (Phi) is 3.74. The number of H-pyrrole nitrogens is 1. The highest BCUT2D eigenvalue weighted by molar-refractivity contribution is 9.11. The summed E-state index contributed by atoms with van der Waals surface area (Å²) in [6.45, 7) is 0.794. The van der Waals surface area contributed by atoms with E-state index in [1.807, 2.05) is 0 Å². The van der Waals surface area contributed by atoms with Crippen molar-refractivity contribution >= 4 is 38.3 Å². The Morgan fingerprint density at radius 1 is 1.58 bits per heavy atom. The Morgan fingerprint density at radius 3 is 2.83 bits per heavy atom. The van der Waals surface area contributed by atoms with E-state index < -0.39 is 0 Å². The molecule has 1 heterocycles. The first-order valence-electron chi connectivity index (χ1n) is 3.19. The van der Waals surface area contributed by atoms with Gasteiger partial charge < -0.3 is 4.74 Å². The minimum Gasteiger partial charge on any atom is -0.468 e. The van der Waals surface area contributed by atoms with Crippen molar-refractivity contribution in [1.82, 2.24) is 10.2 Å². The van der Waals surface area contributed by atoms with Gasteiger partial charge in [-0.25, -0.2) is 0 Å². The maximum Gasteiger partial charge on any atom is 0.293 e. The van der Waals surface area contributed by atoms with Gasteiger partial charge in [0, 0.05) is 12.0 Å². The van der Waals surface area contributed by atoms with E-state index in [2.05, 4.69) is 46.8 Å². The van der Waals surface area contributed by atoms with Crippen LogP contribution < -0.4 is 0 Å². The summed E-state index contributed by atoms with van der Waals surface area (Å²) in [6.07, 6.45) is 0.635. The molecule has 0 bridgehead atoms. The average molecular weight is 298 g/mol. The summed E-state index contributed by atoms with van der Waals surface area (Å²) in [5.41, 5.74) is 0.969. The van der Waals surface area contributed by atoms with Gasteiger partial charge in [-0.1, -0.05) is 0 Å². The fourth-order valence-corrected chi connectivity index (χ4v) is 1.97. The summed E-state index contributed by atoms with van der Waals surface area (Å²) in [5.74, 6) is 0. The van der Waals surface area contributed by atoms with Gasteiger partial charge in [-0.15, -0.1) is 0 Å². The average Bonchev–Trinajstić information content (AvgIpc) is 2.35. The lowest BCUT2D eigenvalue weighted by Gasteiger charge is -1.97. The standard InChI is InChI=1S/C6H6Br2N2O2/c7-5-4(1-2-12-3-11)6(8)10-9-5/h3H,1-2H2,(H,9,10). The zero-order valence-electron chi connectivity index (χ0n) is 6.01. The molecule has 0 aliphatic rings. The number of nitrogens with zero attached hydrogens (tertiary/aromatic N) is 1. The Morgan fingerprint density at radius 2 is 2.33 bits per heavy atom. The number of aromatic nitrogens is 2. The van der Waals surface area contributed by atoms with Crippen LogP contribution in [0.1, 0.15) is 5.56 Å². The van der Waals surface area contributed by atoms with Gasteiger partial charge in [0.2, 0.25) is 0 Å². The first kappa shape index (κ1) is 9.73. The number of carbonyl (C=O) groups excluding carboxylic acids is 1. The van der Waals surface area contributed by atoms with Crippen LogP contribution in [0.3, 0.4) is 0 Å². The highest BCUT2D eigenvalue weighted by Crippen LogP contribution is 2.22. The number of hydrogen-bond acceptors (Lipinski definition) is 3. The van der Waals surface area contributed by atoms with Crippen LogP contribution in [0.5, 0.6) is 0 Å². The number of aromatic amines is 1. The molecule has 0 radical (unpaired) electrons. The lowest BCUT2D eigenvalue weighted by atomic mass is 10.3. The van der Waals surface area contributed by atoms with Gasteiger partial charge in [-0.05, 0) is 31.9 Å². The van der Waals surface area contributed by atoms with E-state index in [1.54, 1.807) is 0 Å². The van der Waals surface area contributed by atoms with Crippen LogP contribution in [0.25, 0.3) is 0 Å². The fourth-order valence-electron chi connectivity index (χ4n) is 0.746. The van der Waals surface area contributed by atoms with E-state index in [-0.39, 0.29) is 0 Å². The molecule has 6 heteroatoms. The lowest BCUT2D eigenvalue weighted by Crippen LogP contribution is -1.96. The SMILES string of the molecule is O=COCCc1c(Br)n[nH]c1Br. The van der Waals surface area contributed by atoms with Gasteiger partial charge in [0.15, 0.2) is 0 Å². The van der Waals surface area contributed by atoms with Crippen molar-refractivity contribution in [3.63, 3.8) is 0 Å². The summed E-state index contributed by atoms with van der Waals surface area (Å²) in [6, 6.07) is 0. The van der Waals surface area contributed by atoms with Crippen molar-refractivity contribution in [3.8, 4) is 0 Å². The number of halogens is 2. The molecule has 12 heavy (non-hydrogen) atoms. The van der Waals surface area contributed by atoms with Crippen molar-refractivity contribution in [2.24, 2.45) is 0 Å². The molecule has 1 aromatic heterocycles. The molecule has 0 aliphatic heterocycles. The number of nitrogens with one attached hydrogen (secondary N) is 1. The summed E-state index contributed by atoms with van der Waals surface area (Å²) >= 11 is 6.53. The molecule has 4 nitrogen and oxygen atoms in total. The van der Waals surface area contributed by atoms with Gasteiger partial charge in [0.1, 0.15) is 9.21 Å². The molecular formula is C6H6Br2N2O2. The predicted molar refractivity (Wildman–Crippen MR) is 49.7 cm³/mol. The monoisotopic (exact) mass is 296 g/mol. The summed E-state index contributed by atoms with van der Waals surface area (Å²) in [5, 5.41) is 6.64. The van der Waals surface area contributed by atoms with Gasteiger partial charge in [-0.2, -0.15) is 5.10 Å². The Balaban J connectivity index is 2.55. The van der Waals surface area contributed by atoms with Gasteiger partial charge in [0.25, 0.3) is 6.47 Å². The molecule has 0 spiro atoms. The maximum atomic E-state index is 9.83. The van der Waals surface area contributed by atoms with Crippen LogP contribution in [0.2, 0.25) is 0 Å². The third-order valence-electron chi connectivity index (χ3n) is 1.30. The summed E-state index contributed by atoms with van der Waals surface area (Å²) < 4.78 is 6.10. The second-order valence-corrected chi connectivity index (χ2v) is 3.57. The Hall–Kier alpha value is -0.360. The van der Waals surface area contributed by atoms with E-state index in [0.29, 0.717) is 19.5 Å². The molecule has 0 aromatic carbocycles. The van der Waals surface area contributed by atoms with Crippen LogP contribution >= 0.6 is 31.9 Å². The molecular weight excluding hydrogens is 292 g/mol. The van der Waals surface area contributed by atoms with Crippen molar-refractivity contribution in [2.45, 2.75) is 6.42 Å². The van der Waals surface area contributed by atoms with Gasteiger partial charge in [-0.3, -0.25) is 9.89 Å². The maximum absolute atomic E-state index is 9.83. The van der Waals surface area contributed by atoms with E-state index in [0.717, 1.165) is 14.8 Å². The van der Waals surface area contributed by atoms with E-state index in [4.69, 9.17) is 0 Å². The molecule has 0 amide bonds. The molecule has 0 atom stereocenters. The highest BCUT2D eigenvalue weighted by atomic mass is 79.9. The van der Waals surface area contributed by atoms with Gasteiger partial charge >= 0.3 is 0 Å². The second kappa shape index (κ2) is 4.61. The lowest BCUT2D eigenvalue weighted by molar-refractivity contribution is -0.128. The molecule has 0 saturated carbocycles. The number of carbonyl (C=O) groups is 1. The number of hydrogen-bond donors (Lipinski definition) is 1. The topological polar surface area (TPSA) is 55.0 Å². The van der Waals surface area contributed by atoms with E-state index >= 15 is 0 Å². The first-order valence-corrected chi connectivity index (χ1v) is 4.77. The fraction of sp³-hybridized carbons (Fsp3) is 0.333. The zero-order chi connectivity index (χ0) is 8.97. The molecule has 0 aliphatic carbocycles. The van der Waals surface area contributed by atoms with Gasteiger partial charge in [0.05, 0.1) is 6.61 Å². The molecule has 1 N–H and O–H groups in total. The highest BCUT2D eigenvalue weighted by Gasteiger charge is 2.07. The second-order valence-electron chi connectivity index (χ2n) is 2.02.